The Hall–Kier alpha value is -0.300. The van der Waals surface area contributed by atoms with Gasteiger partial charge in [0, 0.05) is 6.54 Å². The summed E-state index contributed by atoms with van der Waals surface area (Å²) in [4.78, 5) is 0. The van der Waals surface area contributed by atoms with Gasteiger partial charge in [-0.25, -0.2) is 0 Å². The number of nitrogens with two attached hydrogens (primary N) is 1. The highest BCUT2D eigenvalue weighted by atomic mass is 14.5. The highest BCUT2D eigenvalue weighted by Gasteiger charge is 2.03. The molecule has 16 heavy (non-hydrogen) atoms. The first kappa shape index (κ1) is 13.8. The lowest BCUT2D eigenvalue weighted by atomic mass is 9.97. The van der Waals surface area contributed by atoms with Gasteiger partial charge in [-0.2, -0.15) is 0 Å². The van der Waals surface area contributed by atoms with E-state index in [9.17, 15) is 0 Å². The molecule has 0 aromatic heterocycles. The van der Waals surface area contributed by atoms with Gasteiger partial charge in [0.1, 0.15) is 0 Å². The molecule has 0 heterocycles. The predicted molar refractivity (Wildman–Crippen MR) is 72.5 cm³/mol. The van der Waals surface area contributed by atoms with Crippen LogP contribution in [0.25, 0.3) is 0 Å². The summed E-state index contributed by atoms with van der Waals surface area (Å²) in [5.41, 5.74) is 7.27. The van der Waals surface area contributed by atoms with Crippen LogP contribution in [-0.4, -0.2) is 6.54 Å². The summed E-state index contributed by atoms with van der Waals surface area (Å²) >= 11 is 0. The fraction of sp³-hybridized carbons (Fsp3) is 0.867. The Labute approximate surface area is 101 Å². The Morgan fingerprint density at radius 1 is 1.06 bits per heavy atom. The topological polar surface area (TPSA) is 26.0 Å². The number of allylic oxidation sites excluding steroid dienone is 1. The molecule has 0 aromatic carbocycles. The first-order valence-corrected chi connectivity index (χ1v) is 7.21. The van der Waals surface area contributed by atoms with E-state index >= 15 is 0 Å². The summed E-state index contributed by atoms with van der Waals surface area (Å²) < 4.78 is 0. The molecule has 1 aliphatic rings. The zero-order valence-electron chi connectivity index (χ0n) is 11.0. The van der Waals surface area contributed by atoms with Crippen molar-refractivity contribution in [3.05, 3.63) is 11.6 Å². The van der Waals surface area contributed by atoms with Crippen LogP contribution in [0.1, 0.15) is 71.1 Å². The Balaban J connectivity index is 2.36. The normalized spacial score (nSPS) is 29.4. The third kappa shape index (κ3) is 6.32. The summed E-state index contributed by atoms with van der Waals surface area (Å²) in [6, 6.07) is 0. The molecule has 0 radical (unpaired) electrons. The van der Waals surface area contributed by atoms with Crippen LogP contribution in [0.4, 0.5) is 0 Å². The average Bonchev–Trinajstić information content (AvgIpc) is 2.31. The zero-order valence-corrected chi connectivity index (χ0v) is 11.0. The molecule has 1 rings (SSSR count). The molecule has 94 valence electrons. The van der Waals surface area contributed by atoms with Crippen LogP contribution < -0.4 is 5.73 Å². The maximum Gasteiger partial charge on any atom is 0.0136 e. The van der Waals surface area contributed by atoms with E-state index in [1.54, 1.807) is 0 Å². The Morgan fingerprint density at radius 2 is 1.75 bits per heavy atom. The van der Waals surface area contributed by atoms with Crippen LogP contribution >= 0.6 is 0 Å². The van der Waals surface area contributed by atoms with E-state index in [0.717, 1.165) is 12.5 Å². The summed E-state index contributed by atoms with van der Waals surface area (Å²) in [6.45, 7) is 3.18. The maximum atomic E-state index is 5.77. The van der Waals surface area contributed by atoms with Crippen molar-refractivity contribution < 1.29 is 0 Å². The zero-order chi connectivity index (χ0) is 11.6. The minimum atomic E-state index is 0.773. The molecule has 1 unspecified atom stereocenters. The summed E-state index contributed by atoms with van der Waals surface area (Å²) in [5, 5.41) is 0. The molecule has 1 nitrogen and oxygen atoms in total. The molecule has 2 N–H and O–H groups in total. The van der Waals surface area contributed by atoms with E-state index < -0.39 is 0 Å². The molecule has 0 spiro atoms. The van der Waals surface area contributed by atoms with Crippen LogP contribution in [0.15, 0.2) is 11.6 Å². The second kappa shape index (κ2) is 8.81. The lowest BCUT2D eigenvalue weighted by molar-refractivity contribution is 0.447. The van der Waals surface area contributed by atoms with Crippen LogP contribution in [-0.2, 0) is 0 Å². The van der Waals surface area contributed by atoms with E-state index in [4.69, 9.17) is 5.73 Å². The third-order valence-corrected chi connectivity index (χ3v) is 3.79. The SMILES string of the molecule is CC1CCC/C=C(/CN)CCCCCCC1. The van der Waals surface area contributed by atoms with Gasteiger partial charge >= 0.3 is 0 Å². The van der Waals surface area contributed by atoms with Crippen molar-refractivity contribution in [2.45, 2.75) is 71.1 Å². The Bertz CT molecular complexity index is 196. The largest absolute Gasteiger partial charge is 0.327 e. The van der Waals surface area contributed by atoms with Crippen molar-refractivity contribution in [3.8, 4) is 0 Å². The van der Waals surface area contributed by atoms with Crippen LogP contribution in [0, 0.1) is 5.92 Å². The maximum absolute atomic E-state index is 5.77. The molecule has 1 heteroatoms. The molecule has 1 aliphatic carbocycles. The fourth-order valence-corrected chi connectivity index (χ4v) is 2.58. The van der Waals surface area contributed by atoms with Gasteiger partial charge in [-0.15, -0.1) is 0 Å². The van der Waals surface area contributed by atoms with Crippen LogP contribution in [0.2, 0.25) is 0 Å². The molecule has 0 fully saturated rings. The molecule has 0 amide bonds. The quantitative estimate of drug-likeness (QED) is 0.654. The second-order valence-corrected chi connectivity index (χ2v) is 5.41. The van der Waals surface area contributed by atoms with Crippen molar-refractivity contribution in [3.63, 3.8) is 0 Å². The van der Waals surface area contributed by atoms with E-state index in [1.807, 2.05) is 0 Å². The Morgan fingerprint density at radius 3 is 2.56 bits per heavy atom. The van der Waals surface area contributed by atoms with Gasteiger partial charge in [-0.1, -0.05) is 57.1 Å². The van der Waals surface area contributed by atoms with Gasteiger partial charge in [0.25, 0.3) is 0 Å². The first-order chi connectivity index (χ1) is 7.83. The molecule has 0 bridgehead atoms. The highest BCUT2D eigenvalue weighted by Crippen LogP contribution is 2.19. The third-order valence-electron chi connectivity index (χ3n) is 3.79. The highest BCUT2D eigenvalue weighted by molar-refractivity contribution is 5.03. The molecule has 0 aliphatic heterocycles. The molecule has 0 aromatic rings. The molecule has 0 saturated heterocycles. The summed E-state index contributed by atoms with van der Waals surface area (Å²) in [7, 11) is 0. The van der Waals surface area contributed by atoms with Crippen molar-refractivity contribution in [1.29, 1.82) is 0 Å². The van der Waals surface area contributed by atoms with Crippen molar-refractivity contribution in [2.75, 3.05) is 6.54 Å². The van der Waals surface area contributed by atoms with Gasteiger partial charge in [0.2, 0.25) is 0 Å². The van der Waals surface area contributed by atoms with Gasteiger partial charge < -0.3 is 5.73 Å². The van der Waals surface area contributed by atoms with E-state index in [2.05, 4.69) is 13.0 Å². The number of rotatable bonds is 1. The van der Waals surface area contributed by atoms with Gasteiger partial charge in [-0.3, -0.25) is 0 Å². The van der Waals surface area contributed by atoms with Gasteiger partial charge in [-0.05, 0) is 31.6 Å². The average molecular weight is 223 g/mol. The number of hydrogen-bond acceptors (Lipinski definition) is 1. The van der Waals surface area contributed by atoms with Crippen molar-refractivity contribution in [2.24, 2.45) is 11.7 Å². The molecular formula is C15H29N. The van der Waals surface area contributed by atoms with Crippen molar-refractivity contribution in [1.82, 2.24) is 0 Å². The van der Waals surface area contributed by atoms with Gasteiger partial charge in [0.15, 0.2) is 0 Å². The minimum Gasteiger partial charge on any atom is -0.327 e. The number of hydrogen-bond donors (Lipinski definition) is 1. The van der Waals surface area contributed by atoms with Crippen molar-refractivity contribution >= 4 is 0 Å². The predicted octanol–water partition coefficient (Wildman–Crippen LogP) is 4.42. The van der Waals surface area contributed by atoms with E-state index in [0.29, 0.717) is 0 Å². The standard InChI is InChI=1S/C15H29N/c1-14-9-5-3-2-4-6-11-15(13-16)12-8-7-10-14/h12,14H,2-11,13,16H2,1H3/b15-12+. The Kier molecular flexibility index (Phi) is 7.58. The summed E-state index contributed by atoms with van der Waals surface area (Å²) in [5.74, 6) is 0.926. The minimum absolute atomic E-state index is 0.773. The summed E-state index contributed by atoms with van der Waals surface area (Å²) in [6.07, 6.45) is 16.1. The fourth-order valence-electron chi connectivity index (χ4n) is 2.58. The van der Waals surface area contributed by atoms with E-state index in [-0.39, 0.29) is 0 Å². The van der Waals surface area contributed by atoms with Gasteiger partial charge in [0.05, 0.1) is 0 Å². The lowest BCUT2D eigenvalue weighted by Gasteiger charge is -2.09. The first-order valence-electron chi connectivity index (χ1n) is 7.21. The van der Waals surface area contributed by atoms with Crippen LogP contribution in [0.3, 0.4) is 0 Å². The smallest absolute Gasteiger partial charge is 0.0136 e. The molecule has 0 saturated carbocycles. The molecular weight excluding hydrogens is 194 g/mol. The lowest BCUT2D eigenvalue weighted by Crippen LogP contribution is -2.03. The second-order valence-electron chi connectivity index (χ2n) is 5.41. The molecule has 1 atom stereocenters. The monoisotopic (exact) mass is 223 g/mol. The van der Waals surface area contributed by atoms with Crippen LogP contribution in [0.5, 0.6) is 0 Å². The van der Waals surface area contributed by atoms with E-state index in [1.165, 1.54) is 69.8 Å².